The number of carbonyl (C=O) groups is 1. The normalized spacial score (nSPS) is 10.8. The van der Waals surface area contributed by atoms with E-state index in [0.717, 1.165) is 18.8 Å². The number of nitrogens with two attached hydrogens (primary N) is 1. The van der Waals surface area contributed by atoms with Crippen molar-refractivity contribution >= 4 is 5.91 Å². The van der Waals surface area contributed by atoms with Gasteiger partial charge in [0.2, 0.25) is 0 Å². The maximum atomic E-state index is 11.4. The van der Waals surface area contributed by atoms with Crippen LogP contribution in [0.3, 0.4) is 0 Å². The van der Waals surface area contributed by atoms with Gasteiger partial charge in [-0.25, -0.2) is 5.84 Å². The zero-order valence-electron chi connectivity index (χ0n) is 10.0. The zero-order valence-corrected chi connectivity index (χ0v) is 10.0. The summed E-state index contributed by atoms with van der Waals surface area (Å²) in [4.78, 5) is 13.6. The summed E-state index contributed by atoms with van der Waals surface area (Å²) in [6.07, 6.45) is 0. The number of nitrogens with zero attached hydrogens (tertiary/aromatic N) is 1. The zero-order chi connectivity index (χ0) is 12.1. The Morgan fingerprint density at radius 1 is 1.50 bits per heavy atom. The smallest absolute Gasteiger partial charge is 0.268 e. The molecule has 0 aliphatic heterocycles. The van der Waals surface area contributed by atoms with E-state index < -0.39 is 0 Å². The minimum Gasteiger partial charge on any atom is -0.464 e. The molecule has 5 nitrogen and oxygen atoms in total. The molecule has 1 amide bonds. The molecule has 1 heterocycles. The third kappa shape index (κ3) is 2.84. The lowest BCUT2D eigenvalue weighted by Gasteiger charge is -2.15. The van der Waals surface area contributed by atoms with E-state index in [9.17, 15) is 4.79 Å². The lowest BCUT2D eigenvalue weighted by Crippen LogP contribution is -2.30. The van der Waals surface area contributed by atoms with Crippen LogP contribution in [0.25, 0.3) is 0 Å². The summed E-state index contributed by atoms with van der Waals surface area (Å²) in [6.45, 7) is 8.56. The first-order valence-electron chi connectivity index (χ1n) is 5.44. The fraction of sp³-hybridized carbons (Fsp3) is 0.545. The number of rotatable bonds is 5. The maximum absolute atomic E-state index is 11.4. The monoisotopic (exact) mass is 225 g/mol. The summed E-state index contributed by atoms with van der Waals surface area (Å²) in [5, 5.41) is 0. The van der Waals surface area contributed by atoms with E-state index in [-0.39, 0.29) is 5.91 Å². The molecule has 0 atom stereocenters. The van der Waals surface area contributed by atoms with Crippen LogP contribution in [-0.2, 0) is 6.54 Å². The highest BCUT2D eigenvalue weighted by atomic mass is 16.3. The van der Waals surface area contributed by atoms with E-state index in [1.54, 1.807) is 13.0 Å². The van der Waals surface area contributed by atoms with Gasteiger partial charge in [-0.1, -0.05) is 13.8 Å². The minimum atomic E-state index is -0.313. The average Bonchev–Trinajstić information content (AvgIpc) is 2.66. The van der Waals surface area contributed by atoms with Gasteiger partial charge < -0.3 is 4.42 Å². The average molecular weight is 225 g/mol. The van der Waals surface area contributed by atoms with Gasteiger partial charge in [0.15, 0.2) is 0 Å². The number of aryl methyl sites for hydroxylation is 1. The summed E-state index contributed by atoms with van der Waals surface area (Å²) >= 11 is 0. The number of amides is 1. The van der Waals surface area contributed by atoms with Gasteiger partial charge in [-0.3, -0.25) is 15.1 Å². The summed E-state index contributed by atoms with van der Waals surface area (Å²) in [5.74, 6) is 6.16. The molecule has 5 heteroatoms. The Morgan fingerprint density at radius 3 is 2.62 bits per heavy atom. The number of nitrogens with one attached hydrogen (secondary N) is 1. The van der Waals surface area contributed by atoms with Crippen molar-refractivity contribution in [2.24, 2.45) is 5.84 Å². The van der Waals surface area contributed by atoms with Gasteiger partial charge in [0, 0.05) is 0 Å². The molecule has 0 saturated carbocycles. The van der Waals surface area contributed by atoms with Gasteiger partial charge in [0.1, 0.15) is 11.5 Å². The van der Waals surface area contributed by atoms with Crippen molar-refractivity contribution in [3.63, 3.8) is 0 Å². The van der Waals surface area contributed by atoms with E-state index in [1.165, 1.54) is 0 Å². The number of hydrogen-bond donors (Lipinski definition) is 2. The molecular weight excluding hydrogens is 206 g/mol. The maximum Gasteiger partial charge on any atom is 0.268 e. The standard InChI is InChI=1S/C11H19N3O2/c1-4-14(5-2)7-9-6-10(8(3)16-9)11(15)13-12/h6H,4-5,7,12H2,1-3H3,(H,13,15). The molecule has 0 spiro atoms. The van der Waals surface area contributed by atoms with Gasteiger partial charge in [-0.05, 0) is 26.1 Å². The Bertz CT molecular complexity index is 356. The van der Waals surface area contributed by atoms with E-state index in [0.29, 0.717) is 17.9 Å². The molecule has 3 N–H and O–H groups in total. The van der Waals surface area contributed by atoms with Crippen molar-refractivity contribution in [1.82, 2.24) is 10.3 Å². The third-order valence-electron chi connectivity index (χ3n) is 2.62. The number of hydrazine groups is 1. The van der Waals surface area contributed by atoms with Crippen LogP contribution in [-0.4, -0.2) is 23.9 Å². The van der Waals surface area contributed by atoms with Crippen molar-refractivity contribution in [2.45, 2.75) is 27.3 Å². The summed E-state index contributed by atoms with van der Waals surface area (Å²) in [5.41, 5.74) is 2.61. The molecule has 0 radical (unpaired) electrons. The van der Waals surface area contributed by atoms with Gasteiger partial charge >= 0.3 is 0 Å². The van der Waals surface area contributed by atoms with Crippen molar-refractivity contribution in [3.05, 3.63) is 23.2 Å². The molecule has 0 bridgehead atoms. The second kappa shape index (κ2) is 5.67. The third-order valence-corrected chi connectivity index (χ3v) is 2.62. The van der Waals surface area contributed by atoms with Crippen molar-refractivity contribution in [1.29, 1.82) is 0 Å². The highest BCUT2D eigenvalue weighted by Gasteiger charge is 2.14. The second-order valence-electron chi connectivity index (χ2n) is 3.62. The summed E-state index contributed by atoms with van der Waals surface area (Å²) < 4.78 is 5.51. The molecular formula is C11H19N3O2. The largest absolute Gasteiger partial charge is 0.464 e. The van der Waals surface area contributed by atoms with E-state index in [1.807, 2.05) is 0 Å². The van der Waals surface area contributed by atoms with Gasteiger partial charge in [0.05, 0.1) is 12.1 Å². The Labute approximate surface area is 95.6 Å². The van der Waals surface area contributed by atoms with Crippen LogP contribution in [0.4, 0.5) is 0 Å². The Balaban J connectivity index is 2.80. The first-order valence-corrected chi connectivity index (χ1v) is 5.44. The van der Waals surface area contributed by atoms with Crippen molar-refractivity contribution < 1.29 is 9.21 Å². The molecule has 0 fully saturated rings. The van der Waals surface area contributed by atoms with Crippen molar-refractivity contribution in [2.75, 3.05) is 13.1 Å². The molecule has 0 aliphatic rings. The minimum absolute atomic E-state index is 0.313. The van der Waals surface area contributed by atoms with Crippen molar-refractivity contribution in [3.8, 4) is 0 Å². The summed E-state index contributed by atoms with van der Waals surface area (Å²) in [6, 6.07) is 1.75. The van der Waals surface area contributed by atoms with E-state index in [4.69, 9.17) is 10.3 Å². The van der Waals surface area contributed by atoms with Gasteiger partial charge in [0.25, 0.3) is 5.91 Å². The number of carbonyl (C=O) groups excluding carboxylic acids is 1. The Morgan fingerprint density at radius 2 is 2.12 bits per heavy atom. The molecule has 1 rings (SSSR count). The molecule has 0 saturated heterocycles. The fourth-order valence-corrected chi connectivity index (χ4v) is 1.59. The molecule has 90 valence electrons. The lowest BCUT2D eigenvalue weighted by molar-refractivity contribution is 0.0952. The predicted molar refractivity (Wildman–Crippen MR) is 61.7 cm³/mol. The lowest BCUT2D eigenvalue weighted by atomic mass is 10.2. The molecule has 1 aromatic rings. The second-order valence-corrected chi connectivity index (χ2v) is 3.62. The Kier molecular flexibility index (Phi) is 4.52. The van der Waals surface area contributed by atoms with Crippen LogP contribution in [0.1, 0.15) is 35.7 Å². The van der Waals surface area contributed by atoms with Gasteiger partial charge in [-0.15, -0.1) is 0 Å². The Hall–Kier alpha value is -1.33. The molecule has 1 aromatic heterocycles. The molecule has 16 heavy (non-hydrogen) atoms. The first-order chi connectivity index (χ1) is 7.62. The van der Waals surface area contributed by atoms with Gasteiger partial charge in [-0.2, -0.15) is 0 Å². The number of furan rings is 1. The molecule has 0 aliphatic carbocycles. The highest BCUT2D eigenvalue weighted by Crippen LogP contribution is 2.16. The first kappa shape index (κ1) is 12.7. The van der Waals surface area contributed by atoms with Crippen LogP contribution in [0.5, 0.6) is 0 Å². The quantitative estimate of drug-likeness (QED) is 0.446. The van der Waals surface area contributed by atoms with Crippen LogP contribution in [0, 0.1) is 6.92 Å². The number of hydrogen-bond acceptors (Lipinski definition) is 4. The SMILES string of the molecule is CCN(CC)Cc1cc(C(=O)NN)c(C)o1. The van der Waals surface area contributed by atoms with Crippen LogP contribution >= 0.6 is 0 Å². The van der Waals surface area contributed by atoms with Crippen LogP contribution in [0.2, 0.25) is 0 Å². The topological polar surface area (TPSA) is 71.5 Å². The fourth-order valence-electron chi connectivity index (χ4n) is 1.59. The summed E-state index contributed by atoms with van der Waals surface area (Å²) in [7, 11) is 0. The van der Waals surface area contributed by atoms with E-state index >= 15 is 0 Å². The number of nitrogen functional groups attached to an aromatic ring is 1. The van der Waals surface area contributed by atoms with E-state index in [2.05, 4.69) is 24.2 Å². The predicted octanol–water partition coefficient (Wildman–Crippen LogP) is 1.03. The van der Waals surface area contributed by atoms with Crippen LogP contribution < -0.4 is 11.3 Å². The van der Waals surface area contributed by atoms with Crippen LogP contribution in [0.15, 0.2) is 10.5 Å². The molecule has 0 unspecified atom stereocenters. The molecule has 0 aromatic carbocycles. The highest BCUT2D eigenvalue weighted by molar-refractivity contribution is 5.94.